The van der Waals surface area contributed by atoms with Gasteiger partial charge in [0.05, 0.1) is 18.0 Å². The topological polar surface area (TPSA) is 97.8 Å². The van der Waals surface area contributed by atoms with Crippen LogP contribution < -0.4 is 20.8 Å². The van der Waals surface area contributed by atoms with Gasteiger partial charge in [-0.1, -0.05) is 5.57 Å². The van der Waals surface area contributed by atoms with Gasteiger partial charge < -0.3 is 19.3 Å². The van der Waals surface area contributed by atoms with E-state index in [9.17, 15) is 19.1 Å². The molecule has 1 atom stereocenters. The van der Waals surface area contributed by atoms with Crippen molar-refractivity contribution in [2.45, 2.75) is 38.0 Å². The highest BCUT2D eigenvalue weighted by Crippen LogP contribution is 2.44. The summed E-state index contributed by atoms with van der Waals surface area (Å²) in [5, 5.41) is 9.38. The summed E-state index contributed by atoms with van der Waals surface area (Å²) in [5.74, 6) is -1.86. The van der Waals surface area contributed by atoms with Crippen LogP contribution in [0.25, 0.3) is 10.9 Å². The third-order valence-electron chi connectivity index (χ3n) is 5.60. The lowest BCUT2D eigenvalue weighted by molar-refractivity contribution is 0.0694. The lowest BCUT2D eigenvalue weighted by Crippen LogP contribution is -2.33. The highest BCUT2D eigenvalue weighted by Gasteiger charge is 2.31. The second-order valence-electron chi connectivity index (χ2n) is 7.75. The highest BCUT2D eigenvalue weighted by atomic mass is 19.1. The van der Waals surface area contributed by atoms with Gasteiger partial charge in [-0.2, -0.15) is 0 Å². The molecule has 0 bridgehead atoms. The van der Waals surface area contributed by atoms with Crippen LogP contribution in [0, 0.1) is 5.82 Å². The molecule has 30 heavy (non-hydrogen) atoms. The Morgan fingerprint density at radius 2 is 2.17 bits per heavy atom. The standard InChI is InChI=1S/C21H23F2N3O4/c1-30-20-17-13(19(27)14(21(28)29)10-26(17)12-4-5-12)8-15(22)18(20)25-6-2-3-11(9-25)7-16(23)24/h7-8,10,12,16H,2-6,9,24H2,1H3,(H,28,29). The van der Waals surface area contributed by atoms with Crippen molar-refractivity contribution in [3.63, 3.8) is 0 Å². The maximum atomic E-state index is 15.3. The van der Waals surface area contributed by atoms with Crippen molar-refractivity contribution in [3.8, 4) is 5.75 Å². The molecular weight excluding hydrogens is 396 g/mol. The molecular formula is C21H23F2N3O4. The van der Waals surface area contributed by atoms with Crippen molar-refractivity contribution in [2.75, 3.05) is 25.1 Å². The Balaban J connectivity index is 1.95. The summed E-state index contributed by atoms with van der Waals surface area (Å²) in [4.78, 5) is 26.0. The van der Waals surface area contributed by atoms with Crippen molar-refractivity contribution >= 4 is 22.6 Å². The monoisotopic (exact) mass is 419 g/mol. The van der Waals surface area contributed by atoms with E-state index >= 15 is 4.39 Å². The van der Waals surface area contributed by atoms with Gasteiger partial charge in [0.1, 0.15) is 11.3 Å². The molecule has 4 rings (SSSR count). The van der Waals surface area contributed by atoms with Crippen LogP contribution in [-0.2, 0) is 0 Å². The van der Waals surface area contributed by atoms with Gasteiger partial charge in [0.2, 0.25) is 5.43 Å². The van der Waals surface area contributed by atoms with E-state index in [0.29, 0.717) is 24.9 Å². The Morgan fingerprint density at radius 3 is 2.77 bits per heavy atom. The van der Waals surface area contributed by atoms with Gasteiger partial charge in [-0.3, -0.25) is 10.5 Å². The van der Waals surface area contributed by atoms with Crippen molar-refractivity contribution in [3.05, 3.63) is 45.5 Å². The average molecular weight is 419 g/mol. The van der Waals surface area contributed by atoms with E-state index in [2.05, 4.69) is 0 Å². The van der Waals surface area contributed by atoms with E-state index in [0.717, 1.165) is 24.5 Å². The van der Waals surface area contributed by atoms with Gasteiger partial charge in [-0.05, 0) is 37.8 Å². The molecule has 1 aliphatic carbocycles. The number of carboxylic acid groups (broad SMARTS) is 1. The number of ether oxygens (including phenoxy) is 1. The van der Waals surface area contributed by atoms with Crippen LogP contribution in [0.3, 0.4) is 0 Å². The number of halogens is 2. The van der Waals surface area contributed by atoms with Crippen LogP contribution in [0.4, 0.5) is 14.5 Å². The SMILES string of the molecule is COc1c(N2CCCC(=CC(N)F)C2)c(F)cc2c(=O)c(C(=O)O)cn(C3CC3)c12. The number of carboxylic acids is 1. The zero-order valence-electron chi connectivity index (χ0n) is 16.5. The summed E-state index contributed by atoms with van der Waals surface area (Å²) >= 11 is 0. The predicted octanol–water partition coefficient (Wildman–Crippen LogP) is 2.96. The number of hydrogen-bond acceptors (Lipinski definition) is 5. The van der Waals surface area contributed by atoms with E-state index in [1.54, 1.807) is 9.47 Å². The molecule has 9 heteroatoms. The fourth-order valence-electron chi connectivity index (χ4n) is 4.18. The number of benzene rings is 1. The zero-order valence-corrected chi connectivity index (χ0v) is 16.5. The summed E-state index contributed by atoms with van der Waals surface area (Å²) in [5.41, 5.74) is 5.41. The molecule has 2 aliphatic rings. The van der Waals surface area contributed by atoms with Gasteiger partial charge >= 0.3 is 5.97 Å². The Labute approximate surface area is 171 Å². The molecule has 1 unspecified atom stereocenters. The summed E-state index contributed by atoms with van der Waals surface area (Å²) < 4.78 is 35.8. The van der Waals surface area contributed by atoms with E-state index < -0.39 is 29.1 Å². The first-order valence-electron chi connectivity index (χ1n) is 9.84. The molecule has 1 saturated carbocycles. The van der Waals surface area contributed by atoms with E-state index in [4.69, 9.17) is 10.5 Å². The fraction of sp³-hybridized carbons (Fsp3) is 0.429. The number of aromatic carboxylic acids is 1. The Bertz CT molecular complexity index is 1110. The summed E-state index contributed by atoms with van der Waals surface area (Å²) in [7, 11) is 1.39. The van der Waals surface area contributed by atoms with Crippen LogP contribution >= 0.6 is 0 Å². The molecule has 160 valence electrons. The smallest absolute Gasteiger partial charge is 0.341 e. The average Bonchev–Trinajstić information content (AvgIpc) is 3.52. The molecule has 1 aromatic carbocycles. The van der Waals surface area contributed by atoms with Gasteiger partial charge in [0.25, 0.3) is 0 Å². The number of fused-ring (bicyclic) bond motifs is 1. The molecule has 1 aliphatic heterocycles. The molecule has 7 nitrogen and oxygen atoms in total. The minimum absolute atomic E-state index is 0.0276. The maximum Gasteiger partial charge on any atom is 0.341 e. The first kappa shape index (κ1) is 20.3. The largest absolute Gasteiger partial charge is 0.492 e. The highest BCUT2D eigenvalue weighted by molar-refractivity contribution is 5.97. The van der Waals surface area contributed by atoms with Crippen molar-refractivity contribution in [1.82, 2.24) is 4.57 Å². The molecule has 1 saturated heterocycles. The quantitative estimate of drug-likeness (QED) is 0.571. The second-order valence-corrected chi connectivity index (χ2v) is 7.75. The number of alkyl halides is 1. The number of piperidine rings is 1. The van der Waals surface area contributed by atoms with Crippen LogP contribution in [0.2, 0.25) is 0 Å². The number of hydrogen-bond donors (Lipinski definition) is 2. The lowest BCUT2D eigenvalue weighted by atomic mass is 10.0. The number of rotatable bonds is 5. The maximum absolute atomic E-state index is 15.3. The van der Waals surface area contributed by atoms with Gasteiger partial charge in [-0.25, -0.2) is 13.6 Å². The number of aromatic nitrogens is 1. The Morgan fingerprint density at radius 1 is 1.43 bits per heavy atom. The molecule has 0 spiro atoms. The number of methoxy groups -OCH3 is 1. The normalized spacial score (nSPS) is 19.3. The third kappa shape index (κ3) is 3.54. The van der Waals surface area contributed by atoms with Crippen LogP contribution in [0.15, 0.2) is 28.7 Å². The molecule has 0 amide bonds. The van der Waals surface area contributed by atoms with Crippen LogP contribution in [0.1, 0.15) is 42.1 Å². The van der Waals surface area contributed by atoms with Crippen molar-refractivity contribution in [2.24, 2.45) is 5.73 Å². The zero-order chi connectivity index (χ0) is 21.6. The summed E-state index contributed by atoms with van der Waals surface area (Å²) in [6.07, 6.45) is 4.08. The number of carbonyl (C=O) groups is 1. The Hall–Kier alpha value is -2.94. The molecule has 2 fully saturated rings. The third-order valence-corrected chi connectivity index (χ3v) is 5.60. The van der Waals surface area contributed by atoms with Crippen molar-refractivity contribution < 1.29 is 23.4 Å². The summed E-state index contributed by atoms with van der Waals surface area (Å²) in [6.45, 7) is 0.815. The molecule has 2 aromatic rings. The van der Waals surface area contributed by atoms with Gasteiger partial charge in [0, 0.05) is 25.3 Å². The second kappa shape index (κ2) is 7.71. The number of nitrogens with zero attached hydrogens (tertiary/aromatic N) is 2. The van der Waals surface area contributed by atoms with Crippen LogP contribution in [-0.4, -0.2) is 42.1 Å². The van der Waals surface area contributed by atoms with Gasteiger partial charge in [0.15, 0.2) is 17.9 Å². The summed E-state index contributed by atoms with van der Waals surface area (Å²) in [6, 6.07) is 1.11. The molecule has 2 heterocycles. The number of pyridine rings is 1. The van der Waals surface area contributed by atoms with Crippen LogP contribution in [0.5, 0.6) is 5.75 Å². The minimum Gasteiger partial charge on any atom is -0.492 e. The molecule has 1 aromatic heterocycles. The predicted molar refractivity (Wildman–Crippen MR) is 109 cm³/mol. The van der Waals surface area contributed by atoms with Crippen molar-refractivity contribution in [1.29, 1.82) is 0 Å². The first-order valence-corrected chi connectivity index (χ1v) is 9.84. The van der Waals surface area contributed by atoms with Gasteiger partial charge in [-0.15, -0.1) is 0 Å². The first-order chi connectivity index (χ1) is 14.3. The van der Waals surface area contributed by atoms with E-state index in [1.807, 2.05) is 0 Å². The number of nitrogens with two attached hydrogens (primary N) is 1. The fourth-order valence-corrected chi connectivity index (χ4v) is 4.18. The lowest BCUT2D eigenvalue weighted by Gasteiger charge is -2.33. The number of anilines is 1. The van der Waals surface area contributed by atoms with E-state index in [1.165, 1.54) is 19.4 Å². The minimum atomic E-state index is -1.59. The molecule has 0 radical (unpaired) electrons. The van der Waals surface area contributed by atoms with E-state index in [-0.39, 0.29) is 29.4 Å². The molecule has 3 N–H and O–H groups in total. The Kier molecular flexibility index (Phi) is 5.23.